The van der Waals surface area contributed by atoms with Crippen LogP contribution in [0, 0.1) is 0 Å². The minimum atomic E-state index is -0.370. The summed E-state index contributed by atoms with van der Waals surface area (Å²) in [6.07, 6.45) is 3.08. The summed E-state index contributed by atoms with van der Waals surface area (Å²) < 4.78 is 5.11. The lowest BCUT2D eigenvalue weighted by Crippen LogP contribution is -2.15. The summed E-state index contributed by atoms with van der Waals surface area (Å²) in [4.78, 5) is 19.8. The molecule has 2 rings (SSSR count). The number of hydrogen-bond donors (Lipinski definition) is 2. The smallest absolute Gasteiger partial charge is 0.261 e. The molecule has 0 aliphatic rings. The Bertz CT molecular complexity index is 557. The van der Waals surface area contributed by atoms with Gasteiger partial charge in [0, 0.05) is 12.4 Å². The number of rotatable bonds is 3. The van der Waals surface area contributed by atoms with Crippen LogP contribution >= 0.6 is 0 Å². The summed E-state index contributed by atoms with van der Waals surface area (Å²) in [5, 5.41) is 2.56. The average Bonchev–Trinajstić information content (AvgIpc) is 2.39. The van der Waals surface area contributed by atoms with Crippen LogP contribution in [0.15, 0.2) is 36.7 Å². The maximum Gasteiger partial charge on any atom is 0.261 e. The number of aromatic nitrogens is 2. The number of hydrogen-bond acceptors (Lipinski definition) is 5. The summed E-state index contributed by atoms with van der Waals surface area (Å²) >= 11 is 0. The molecule has 92 valence electrons. The molecule has 1 aromatic carbocycles. The van der Waals surface area contributed by atoms with E-state index in [9.17, 15) is 4.79 Å². The second-order valence-corrected chi connectivity index (χ2v) is 3.45. The van der Waals surface area contributed by atoms with Gasteiger partial charge in [-0.2, -0.15) is 0 Å². The lowest BCUT2D eigenvalue weighted by atomic mass is 10.1. The summed E-state index contributed by atoms with van der Waals surface area (Å²) in [6, 6.07) is 6.62. The molecule has 0 unspecified atom stereocenters. The first-order valence-electron chi connectivity index (χ1n) is 5.23. The molecule has 0 bridgehead atoms. The molecule has 0 atom stereocenters. The van der Waals surface area contributed by atoms with E-state index in [1.165, 1.54) is 7.11 Å². The molecule has 6 heteroatoms. The number of amides is 1. The largest absolute Gasteiger partial charge is 0.494 e. The normalized spacial score (nSPS) is 9.83. The predicted octanol–water partition coefficient (Wildman–Crippen LogP) is 1.32. The lowest BCUT2D eigenvalue weighted by Gasteiger charge is -2.10. The molecule has 6 nitrogen and oxygen atoms in total. The van der Waals surface area contributed by atoms with Crippen LogP contribution in [-0.4, -0.2) is 23.0 Å². The third-order valence-electron chi connectivity index (χ3n) is 2.29. The van der Waals surface area contributed by atoms with E-state index in [4.69, 9.17) is 10.5 Å². The topological polar surface area (TPSA) is 90.1 Å². The van der Waals surface area contributed by atoms with Gasteiger partial charge in [-0.25, -0.2) is 9.97 Å². The third kappa shape index (κ3) is 2.37. The number of para-hydroxylation sites is 1. The van der Waals surface area contributed by atoms with Crippen molar-refractivity contribution in [3.63, 3.8) is 0 Å². The molecule has 0 aliphatic carbocycles. The van der Waals surface area contributed by atoms with Gasteiger partial charge in [0.1, 0.15) is 0 Å². The van der Waals surface area contributed by atoms with Gasteiger partial charge < -0.3 is 10.5 Å². The van der Waals surface area contributed by atoms with E-state index in [0.29, 0.717) is 17.0 Å². The fraction of sp³-hybridized carbons (Fsp3) is 0.0833. The molecule has 1 heterocycles. The van der Waals surface area contributed by atoms with Gasteiger partial charge in [-0.3, -0.25) is 10.1 Å². The Morgan fingerprint density at radius 1 is 1.28 bits per heavy atom. The SMILES string of the molecule is COc1c(N)cccc1C(=O)Nc1ncccn1. The highest BCUT2D eigenvalue weighted by Gasteiger charge is 2.15. The zero-order valence-electron chi connectivity index (χ0n) is 9.75. The van der Waals surface area contributed by atoms with Gasteiger partial charge in [0.2, 0.25) is 5.95 Å². The van der Waals surface area contributed by atoms with E-state index in [-0.39, 0.29) is 11.9 Å². The molecule has 0 saturated heterocycles. The van der Waals surface area contributed by atoms with Gasteiger partial charge in [0.05, 0.1) is 18.4 Å². The molecular weight excluding hydrogens is 232 g/mol. The second-order valence-electron chi connectivity index (χ2n) is 3.45. The second kappa shape index (κ2) is 5.13. The van der Waals surface area contributed by atoms with Gasteiger partial charge in [0.25, 0.3) is 5.91 Å². The van der Waals surface area contributed by atoms with Crippen molar-refractivity contribution in [3.8, 4) is 5.75 Å². The predicted molar refractivity (Wildman–Crippen MR) is 67.4 cm³/mol. The summed E-state index contributed by atoms with van der Waals surface area (Å²) in [7, 11) is 1.46. The average molecular weight is 244 g/mol. The summed E-state index contributed by atoms with van der Waals surface area (Å²) in [6.45, 7) is 0. The fourth-order valence-electron chi connectivity index (χ4n) is 1.49. The van der Waals surface area contributed by atoms with Gasteiger partial charge in [-0.05, 0) is 18.2 Å². The molecule has 0 radical (unpaired) electrons. The number of nitrogens with two attached hydrogens (primary N) is 1. The van der Waals surface area contributed by atoms with Gasteiger partial charge >= 0.3 is 0 Å². The first-order valence-corrected chi connectivity index (χ1v) is 5.23. The molecule has 0 fully saturated rings. The Balaban J connectivity index is 2.27. The maximum atomic E-state index is 12.0. The number of ether oxygens (including phenoxy) is 1. The van der Waals surface area contributed by atoms with Crippen LogP contribution in [0.4, 0.5) is 11.6 Å². The number of nitrogen functional groups attached to an aromatic ring is 1. The minimum Gasteiger partial charge on any atom is -0.494 e. The van der Waals surface area contributed by atoms with E-state index >= 15 is 0 Å². The molecule has 18 heavy (non-hydrogen) atoms. The molecule has 2 aromatic rings. The summed E-state index contributed by atoms with van der Waals surface area (Å²) in [5.74, 6) is 0.197. The lowest BCUT2D eigenvalue weighted by molar-refractivity contribution is 0.102. The van der Waals surface area contributed by atoms with Gasteiger partial charge in [-0.15, -0.1) is 0 Å². The van der Waals surface area contributed by atoms with Crippen LogP contribution in [0.2, 0.25) is 0 Å². The molecule has 1 aromatic heterocycles. The molecule has 1 amide bonds. The highest BCUT2D eigenvalue weighted by molar-refractivity contribution is 6.06. The van der Waals surface area contributed by atoms with E-state index in [0.717, 1.165) is 0 Å². The Kier molecular flexibility index (Phi) is 3.38. The molecule has 0 spiro atoms. The number of carbonyl (C=O) groups is 1. The van der Waals surface area contributed by atoms with Crippen molar-refractivity contribution < 1.29 is 9.53 Å². The van der Waals surface area contributed by atoms with Crippen molar-refractivity contribution in [1.82, 2.24) is 9.97 Å². The van der Waals surface area contributed by atoms with Crippen LogP contribution in [0.1, 0.15) is 10.4 Å². The first kappa shape index (κ1) is 11.8. The van der Waals surface area contributed by atoms with Crippen LogP contribution in [0.3, 0.4) is 0 Å². The van der Waals surface area contributed by atoms with E-state index in [1.807, 2.05) is 0 Å². The number of carbonyl (C=O) groups excluding carboxylic acids is 1. The quantitative estimate of drug-likeness (QED) is 0.795. The number of nitrogens with one attached hydrogen (secondary N) is 1. The highest BCUT2D eigenvalue weighted by Crippen LogP contribution is 2.26. The van der Waals surface area contributed by atoms with Crippen molar-refractivity contribution in [3.05, 3.63) is 42.2 Å². The van der Waals surface area contributed by atoms with Crippen molar-refractivity contribution in [2.45, 2.75) is 0 Å². The Hall–Kier alpha value is -2.63. The Morgan fingerprint density at radius 3 is 2.67 bits per heavy atom. The number of nitrogens with zero attached hydrogens (tertiary/aromatic N) is 2. The van der Waals surface area contributed by atoms with Gasteiger partial charge in [0.15, 0.2) is 5.75 Å². The van der Waals surface area contributed by atoms with Crippen molar-refractivity contribution >= 4 is 17.5 Å². The van der Waals surface area contributed by atoms with Crippen molar-refractivity contribution in [1.29, 1.82) is 0 Å². The van der Waals surface area contributed by atoms with Crippen LogP contribution in [0.25, 0.3) is 0 Å². The molecular formula is C12H12N4O2. The minimum absolute atomic E-state index is 0.229. The number of benzene rings is 1. The van der Waals surface area contributed by atoms with Crippen LogP contribution in [-0.2, 0) is 0 Å². The van der Waals surface area contributed by atoms with Crippen LogP contribution in [0.5, 0.6) is 5.75 Å². The summed E-state index contributed by atoms with van der Waals surface area (Å²) in [5.41, 5.74) is 6.47. The Labute approximate surface area is 104 Å². The van der Waals surface area contributed by atoms with Crippen molar-refractivity contribution in [2.75, 3.05) is 18.2 Å². The Morgan fingerprint density at radius 2 is 2.00 bits per heavy atom. The number of anilines is 2. The maximum absolute atomic E-state index is 12.0. The molecule has 0 aliphatic heterocycles. The van der Waals surface area contributed by atoms with E-state index < -0.39 is 0 Å². The zero-order chi connectivity index (χ0) is 13.0. The molecule has 3 N–H and O–H groups in total. The van der Waals surface area contributed by atoms with Crippen molar-refractivity contribution in [2.24, 2.45) is 0 Å². The van der Waals surface area contributed by atoms with E-state index in [2.05, 4.69) is 15.3 Å². The zero-order valence-corrected chi connectivity index (χ0v) is 9.75. The van der Waals surface area contributed by atoms with E-state index in [1.54, 1.807) is 36.7 Å². The standard InChI is InChI=1S/C12H12N4O2/c1-18-10-8(4-2-5-9(10)13)11(17)16-12-14-6-3-7-15-12/h2-7H,13H2,1H3,(H,14,15,16,17). The monoisotopic (exact) mass is 244 g/mol. The molecule has 0 saturated carbocycles. The third-order valence-corrected chi connectivity index (χ3v) is 2.29. The van der Waals surface area contributed by atoms with Crippen LogP contribution < -0.4 is 15.8 Å². The highest BCUT2D eigenvalue weighted by atomic mass is 16.5. The number of methoxy groups -OCH3 is 1. The van der Waals surface area contributed by atoms with Gasteiger partial charge in [-0.1, -0.05) is 6.07 Å². The fourth-order valence-corrected chi connectivity index (χ4v) is 1.49. The first-order chi connectivity index (χ1) is 8.72.